The number of benzene rings is 2. The summed E-state index contributed by atoms with van der Waals surface area (Å²) in [4.78, 5) is 0. The summed E-state index contributed by atoms with van der Waals surface area (Å²) in [6, 6.07) is 7.93. The van der Waals surface area contributed by atoms with Crippen molar-refractivity contribution < 1.29 is 19.0 Å². The van der Waals surface area contributed by atoms with Crippen LogP contribution in [0.3, 0.4) is 0 Å². The number of aliphatic hydroxyl groups is 2. The van der Waals surface area contributed by atoms with Crippen molar-refractivity contribution in [1.29, 1.82) is 0 Å². The van der Waals surface area contributed by atoms with Gasteiger partial charge in [-0.25, -0.2) is 8.78 Å². The molecular formula is C14H10Br2F2O2. The van der Waals surface area contributed by atoms with Crippen LogP contribution < -0.4 is 0 Å². The Morgan fingerprint density at radius 1 is 0.750 bits per heavy atom. The summed E-state index contributed by atoms with van der Waals surface area (Å²) >= 11 is 6.03. The van der Waals surface area contributed by atoms with Gasteiger partial charge in [0.1, 0.15) is 23.8 Å². The molecule has 0 aliphatic heterocycles. The van der Waals surface area contributed by atoms with Gasteiger partial charge in [-0.3, -0.25) is 0 Å². The van der Waals surface area contributed by atoms with Gasteiger partial charge in [0.05, 0.1) is 8.95 Å². The molecule has 2 atom stereocenters. The minimum Gasteiger partial charge on any atom is -0.385 e. The Morgan fingerprint density at radius 3 is 1.40 bits per heavy atom. The van der Waals surface area contributed by atoms with E-state index in [1.54, 1.807) is 0 Å². The van der Waals surface area contributed by atoms with Gasteiger partial charge in [-0.05, 0) is 67.3 Å². The molecule has 0 saturated carbocycles. The van der Waals surface area contributed by atoms with E-state index >= 15 is 0 Å². The molecule has 2 nitrogen and oxygen atoms in total. The van der Waals surface area contributed by atoms with Crippen LogP contribution in [0, 0.1) is 11.6 Å². The monoisotopic (exact) mass is 406 g/mol. The summed E-state index contributed by atoms with van der Waals surface area (Å²) in [6.45, 7) is 0. The third-order valence-corrected chi connectivity index (χ3v) is 4.08. The zero-order valence-electron chi connectivity index (χ0n) is 10.0. The van der Waals surface area contributed by atoms with Crippen LogP contribution in [0.15, 0.2) is 45.3 Å². The lowest BCUT2D eigenvalue weighted by atomic mass is 9.98. The summed E-state index contributed by atoms with van der Waals surface area (Å²) in [5.41, 5.74) is 0.706. The highest BCUT2D eigenvalue weighted by molar-refractivity contribution is 9.10. The van der Waals surface area contributed by atoms with Crippen LogP contribution in [0.25, 0.3) is 0 Å². The van der Waals surface area contributed by atoms with Crippen molar-refractivity contribution in [1.82, 2.24) is 0 Å². The van der Waals surface area contributed by atoms with Crippen molar-refractivity contribution in [3.63, 3.8) is 0 Å². The van der Waals surface area contributed by atoms with E-state index in [-0.39, 0.29) is 8.95 Å². The Hall–Kier alpha value is -0.820. The van der Waals surface area contributed by atoms with Crippen molar-refractivity contribution in [2.75, 3.05) is 0 Å². The second-order valence-electron chi connectivity index (χ2n) is 4.24. The third kappa shape index (κ3) is 3.25. The molecule has 2 rings (SSSR count). The van der Waals surface area contributed by atoms with Gasteiger partial charge in [-0.1, -0.05) is 12.1 Å². The first-order valence-electron chi connectivity index (χ1n) is 5.66. The van der Waals surface area contributed by atoms with Gasteiger partial charge in [-0.15, -0.1) is 0 Å². The average molecular weight is 408 g/mol. The molecule has 0 aliphatic rings. The molecule has 2 aromatic rings. The molecule has 2 N–H and O–H groups in total. The molecule has 0 saturated heterocycles. The van der Waals surface area contributed by atoms with Crippen molar-refractivity contribution in [2.24, 2.45) is 0 Å². The maximum Gasteiger partial charge on any atom is 0.137 e. The van der Waals surface area contributed by atoms with Crippen LogP contribution in [0.2, 0.25) is 0 Å². The number of hydrogen-bond donors (Lipinski definition) is 2. The van der Waals surface area contributed by atoms with Gasteiger partial charge in [0.2, 0.25) is 0 Å². The summed E-state index contributed by atoms with van der Waals surface area (Å²) in [7, 11) is 0. The normalized spacial score (nSPS) is 14.1. The van der Waals surface area contributed by atoms with E-state index in [2.05, 4.69) is 31.9 Å². The standard InChI is InChI=1S/C14H10Br2F2O2/c15-9-5-7(1-3-11(9)17)13(19)14(20)8-2-4-12(18)10(16)6-8/h1-6,13-14,19-20H. The molecule has 6 heteroatoms. The van der Waals surface area contributed by atoms with Crippen molar-refractivity contribution in [3.8, 4) is 0 Å². The Bertz CT molecular complexity index is 579. The maximum absolute atomic E-state index is 13.1. The molecule has 0 aromatic heterocycles. The Balaban J connectivity index is 2.29. The zero-order chi connectivity index (χ0) is 14.9. The average Bonchev–Trinajstić information content (AvgIpc) is 2.43. The predicted octanol–water partition coefficient (Wildman–Crippen LogP) is 4.26. The molecule has 0 aliphatic carbocycles. The minimum atomic E-state index is -1.25. The highest BCUT2D eigenvalue weighted by Crippen LogP contribution is 2.32. The van der Waals surface area contributed by atoms with Crippen molar-refractivity contribution >= 4 is 31.9 Å². The minimum absolute atomic E-state index is 0.196. The molecule has 2 unspecified atom stereocenters. The SMILES string of the molecule is OC(c1ccc(F)c(Br)c1)C(O)c1ccc(F)c(Br)c1. The summed E-state index contributed by atoms with van der Waals surface area (Å²) in [5, 5.41) is 20.2. The number of hydrogen-bond acceptors (Lipinski definition) is 2. The van der Waals surface area contributed by atoms with Gasteiger partial charge in [0.25, 0.3) is 0 Å². The van der Waals surface area contributed by atoms with Crippen LogP contribution >= 0.6 is 31.9 Å². The van der Waals surface area contributed by atoms with Gasteiger partial charge in [-0.2, -0.15) is 0 Å². The lowest BCUT2D eigenvalue weighted by Gasteiger charge is -2.19. The van der Waals surface area contributed by atoms with E-state index in [0.717, 1.165) is 0 Å². The smallest absolute Gasteiger partial charge is 0.137 e. The number of aliphatic hydroxyl groups excluding tert-OH is 2. The fraction of sp³-hybridized carbons (Fsp3) is 0.143. The van der Waals surface area contributed by atoms with Crippen LogP contribution in [-0.4, -0.2) is 10.2 Å². The second kappa shape index (κ2) is 6.30. The molecule has 0 radical (unpaired) electrons. The Morgan fingerprint density at radius 2 is 1.10 bits per heavy atom. The molecule has 0 bridgehead atoms. The van der Waals surface area contributed by atoms with E-state index in [4.69, 9.17) is 0 Å². The molecule has 2 aromatic carbocycles. The van der Waals surface area contributed by atoms with E-state index in [9.17, 15) is 19.0 Å². The topological polar surface area (TPSA) is 40.5 Å². The number of halogens is 4. The van der Waals surface area contributed by atoms with Crippen LogP contribution in [0.4, 0.5) is 8.78 Å². The quantitative estimate of drug-likeness (QED) is 0.798. The van der Waals surface area contributed by atoms with Gasteiger partial charge in [0.15, 0.2) is 0 Å². The first-order chi connectivity index (χ1) is 9.40. The summed E-state index contributed by atoms with van der Waals surface area (Å²) in [6.07, 6.45) is -2.49. The molecular weight excluding hydrogens is 398 g/mol. The summed E-state index contributed by atoms with van der Waals surface area (Å²) in [5.74, 6) is -0.917. The van der Waals surface area contributed by atoms with Crippen LogP contribution in [0.5, 0.6) is 0 Å². The predicted molar refractivity (Wildman–Crippen MR) is 78.1 cm³/mol. The summed E-state index contributed by atoms with van der Waals surface area (Å²) < 4.78 is 26.7. The maximum atomic E-state index is 13.1. The van der Waals surface area contributed by atoms with Crippen molar-refractivity contribution in [2.45, 2.75) is 12.2 Å². The Kier molecular flexibility index (Phi) is 4.90. The number of rotatable bonds is 3. The molecule has 20 heavy (non-hydrogen) atoms. The molecule has 0 heterocycles. The van der Waals surface area contributed by atoms with Crippen molar-refractivity contribution in [3.05, 3.63) is 68.1 Å². The van der Waals surface area contributed by atoms with E-state index in [0.29, 0.717) is 11.1 Å². The molecule has 0 fully saturated rings. The zero-order valence-corrected chi connectivity index (χ0v) is 13.2. The largest absolute Gasteiger partial charge is 0.385 e. The third-order valence-electron chi connectivity index (χ3n) is 2.87. The Labute approximate surface area is 131 Å². The lowest BCUT2D eigenvalue weighted by Crippen LogP contribution is -2.10. The van der Waals surface area contributed by atoms with Gasteiger partial charge >= 0.3 is 0 Å². The van der Waals surface area contributed by atoms with E-state index in [1.165, 1.54) is 36.4 Å². The molecule has 106 valence electrons. The van der Waals surface area contributed by atoms with E-state index < -0.39 is 23.8 Å². The fourth-order valence-corrected chi connectivity index (χ4v) is 2.55. The first-order valence-corrected chi connectivity index (χ1v) is 7.25. The van der Waals surface area contributed by atoms with Crippen LogP contribution in [-0.2, 0) is 0 Å². The van der Waals surface area contributed by atoms with E-state index in [1.807, 2.05) is 0 Å². The fourth-order valence-electron chi connectivity index (χ4n) is 1.76. The first kappa shape index (κ1) is 15.6. The van der Waals surface area contributed by atoms with Gasteiger partial charge in [0, 0.05) is 0 Å². The lowest BCUT2D eigenvalue weighted by molar-refractivity contribution is 0.0171. The van der Waals surface area contributed by atoms with Crippen LogP contribution in [0.1, 0.15) is 23.3 Å². The molecule has 0 spiro atoms. The highest BCUT2D eigenvalue weighted by Gasteiger charge is 2.21. The highest BCUT2D eigenvalue weighted by atomic mass is 79.9. The van der Waals surface area contributed by atoms with Gasteiger partial charge < -0.3 is 10.2 Å². The second-order valence-corrected chi connectivity index (χ2v) is 5.95. The molecule has 0 amide bonds.